The Morgan fingerprint density at radius 1 is 1.30 bits per heavy atom. The first kappa shape index (κ1) is 8.02. The maximum atomic E-state index is 5.13. The molecule has 0 aromatic heterocycles. The molecule has 0 bridgehead atoms. The maximum Gasteiger partial charge on any atom is 0.0993 e. The first-order chi connectivity index (χ1) is 4.67. The summed E-state index contributed by atoms with van der Waals surface area (Å²) in [5.74, 6) is 0.395. The van der Waals surface area contributed by atoms with Crippen LogP contribution in [-0.2, 0) is 3.83 Å². The number of rotatable bonds is 2. The molecule has 1 aliphatic carbocycles. The lowest BCUT2D eigenvalue weighted by molar-refractivity contribution is 0.125. The summed E-state index contributed by atoms with van der Waals surface area (Å²) in [7, 11) is 0. The molecule has 10 heavy (non-hydrogen) atoms. The molecule has 0 heterocycles. The summed E-state index contributed by atoms with van der Waals surface area (Å²) in [5, 5.41) is 0. The van der Waals surface area contributed by atoms with Gasteiger partial charge in [-0.1, -0.05) is 24.3 Å². The number of hydrogen-bond donors (Lipinski definition) is 0. The van der Waals surface area contributed by atoms with Crippen LogP contribution in [0.5, 0.6) is 0 Å². The van der Waals surface area contributed by atoms with E-state index in [0.717, 1.165) is 0 Å². The van der Waals surface area contributed by atoms with Crippen LogP contribution in [-0.4, -0.2) is 5.60 Å². The van der Waals surface area contributed by atoms with Gasteiger partial charge in [0.15, 0.2) is 0 Å². The lowest BCUT2D eigenvalue weighted by atomic mass is 9.93. The van der Waals surface area contributed by atoms with Gasteiger partial charge in [-0.25, -0.2) is 0 Å². The van der Waals surface area contributed by atoms with Gasteiger partial charge >= 0.3 is 0 Å². The predicted octanol–water partition coefficient (Wildman–Crippen LogP) is 2.83. The van der Waals surface area contributed by atoms with Crippen molar-refractivity contribution in [3.63, 3.8) is 0 Å². The van der Waals surface area contributed by atoms with E-state index in [9.17, 15) is 0 Å². The van der Waals surface area contributed by atoms with E-state index in [0.29, 0.717) is 5.92 Å². The molecule has 0 aliphatic heterocycles. The van der Waals surface area contributed by atoms with Crippen LogP contribution in [0, 0.1) is 5.92 Å². The highest BCUT2D eigenvalue weighted by Gasteiger charge is 2.26. The summed E-state index contributed by atoms with van der Waals surface area (Å²) < 4.78 is 5.13. The molecule has 1 aliphatic rings. The summed E-state index contributed by atoms with van der Waals surface area (Å²) in [4.78, 5) is 0. The first-order valence-corrected chi connectivity index (χ1v) is 3.96. The molecular formula is C8H11BrO. The molecule has 0 aromatic rings. The Hall–Kier alpha value is -0.0800. The minimum Gasteiger partial charge on any atom is -0.301 e. The van der Waals surface area contributed by atoms with Crippen molar-refractivity contribution >= 4 is 16.3 Å². The standard InChI is InChI=1S/C8H11BrO/c1-8(2,10-9)7-5-3-4-6-7/h3-7H,1-2H3. The van der Waals surface area contributed by atoms with Crippen LogP contribution >= 0.6 is 16.3 Å². The molecular weight excluding hydrogens is 192 g/mol. The normalized spacial score (nSPS) is 18.7. The van der Waals surface area contributed by atoms with E-state index in [1.165, 1.54) is 0 Å². The zero-order valence-corrected chi connectivity index (χ0v) is 7.76. The predicted molar refractivity (Wildman–Crippen MR) is 45.9 cm³/mol. The van der Waals surface area contributed by atoms with Gasteiger partial charge in [-0.05, 0) is 13.8 Å². The molecule has 0 atom stereocenters. The van der Waals surface area contributed by atoms with Crippen molar-refractivity contribution in [3.8, 4) is 0 Å². The highest BCUT2D eigenvalue weighted by Crippen LogP contribution is 2.28. The lowest BCUT2D eigenvalue weighted by Gasteiger charge is -2.25. The van der Waals surface area contributed by atoms with E-state index < -0.39 is 0 Å². The van der Waals surface area contributed by atoms with Crippen LogP contribution in [0.15, 0.2) is 24.3 Å². The fourth-order valence-corrected chi connectivity index (χ4v) is 1.16. The summed E-state index contributed by atoms with van der Waals surface area (Å²) in [6.45, 7) is 4.10. The van der Waals surface area contributed by atoms with Crippen molar-refractivity contribution in [2.45, 2.75) is 19.4 Å². The second-order valence-electron chi connectivity index (χ2n) is 2.98. The maximum absolute atomic E-state index is 5.13. The average molecular weight is 203 g/mol. The number of halogens is 1. The van der Waals surface area contributed by atoms with Crippen LogP contribution in [0.4, 0.5) is 0 Å². The molecule has 1 rings (SSSR count). The zero-order valence-electron chi connectivity index (χ0n) is 6.17. The minimum absolute atomic E-state index is 0.135. The van der Waals surface area contributed by atoms with E-state index in [-0.39, 0.29) is 5.60 Å². The van der Waals surface area contributed by atoms with Crippen molar-refractivity contribution in [3.05, 3.63) is 24.3 Å². The number of allylic oxidation sites excluding steroid dienone is 2. The van der Waals surface area contributed by atoms with Crippen LogP contribution in [0.1, 0.15) is 13.8 Å². The van der Waals surface area contributed by atoms with E-state index >= 15 is 0 Å². The molecule has 56 valence electrons. The van der Waals surface area contributed by atoms with E-state index in [1.54, 1.807) is 0 Å². The lowest BCUT2D eigenvalue weighted by Crippen LogP contribution is -2.27. The van der Waals surface area contributed by atoms with Gasteiger partial charge < -0.3 is 3.83 Å². The summed E-state index contributed by atoms with van der Waals surface area (Å²) >= 11 is 3.01. The molecule has 0 amide bonds. The van der Waals surface area contributed by atoms with Gasteiger partial charge in [0, 0.05) is 5.92 Å². The Bertz CT molecular complexity index is 158. The molecule has 0 radical (unpaired) electrons. The SMILES string of the molecule is CC(C)(OBr)C1C=CC=C1. The summed E-state index contributed by atoms with van der Waals surface area (Å²) in [6, 6.07) is 0. The van der Waals surface area contributed by atoms with Crippen molar-refractivity contribution in [2.75, 3.05) is 0 Å². The average Bonchev–Trinajstić information content (AvgIpc) is 2.38. The Balaban J connectivity index is 2.64. The van der Waals surface area contributed by atoms with Crippen LogP contribution in [0.2, 0.25) is 0 Å². The Morgan fingerprint density at radius 2 is 1.80 bits per heavy atom. The fourth-order valence-electron chi connectivity index (χ4n) is 0.947. The molecule has 1 nitrogen and oxygen atoms in total. The second kappa shape index (κ2) is 2.89. The largest absolute Gasteiger partial charge is 0.301 e. The van der Waals surface area contributed by atoms with Crippen molar-refractivity contribution in [2.24, 2.45) is 5.92 Å². The molecule has 0 fully saturated rings. The van der Waals surface area contributed by atoms with Gasteiger partial charge in [-0.15, -0.1) is 0 Å². The summed E-state index contributed by atoms with van der Waals surface area (Å²) in [6.07, 6.45) is 8.33. The molecule has 0 saturated carbocycles. The zero-order chi connectivity index (χ0) is 7.61. The van der Waals surface area contributed by atoms with Crippen molar-refractivity contribution in [1.29, 1.82) is 0 Å². The number of hydrogen-bond acceptors (Lipinski definition) is 1. The van der Waals surface area contributed by atoms with E-state index in [4.69, 9.17) is 3.83 Å². The quantitative estimate of drug-likeness (QED) is 0.670. The third-order valence-corrected chi connectivity index (χ3v) is 2.58. The molecule has 2 heteroatoms. The van der Waals surface area contributed by atoms with Gasteiger partial charge in [0.05, 0.1) is 21.9 Å². The summed E-state index contributed by atoms with van der Waals surface area (Å²) in [5.41, 5.74) is -0.135. The molecule has 0 spiro atoms. The smallest absolute Gasteiger partial charge is 0.0993 e. The highest BCUT2D eigenvalue weighted by atomic mass is 79.9. The van der Waals surface area contributed by atoms with Crippen molar-refractivity contribution < 1.29 is 3.83 Å². The Labute approximate surface area is 70.2 Å². The van der Waals surface area contributed by atoms with Crippen LogP contribution in [0.3, 0.4) is 0 Å². The molecule has 0 aromatic carbocycles. The molecule has 0 saturated heterocycles. The Morgan fingerprint density at radius 3 is 2.20 bits per heavy atom. The highest BCUT2D eigenvalue weighted by molar-refractivity contribution is 9.06. The van der Waals surface area contributed by atoms with Crippen molar-refractivity contribution in [1.82, 2.24) is 0 Å². The van der Waals surface area contributed by atoms with Gasteiger partial charge in [0.1, 0.15) is 0 Å². The van der Waals surface area contributed by atoms with E-state index in [2.05, 4.69) is 28.4 Å². The van der Waals surface area contributed by atoms with Crippen LogP contribution < -0.4 is 0 Å². The van der Waals surface area contributed by atoms with Gasteiger partial charge in [-0.2, -0.15) is 0 Å². The fraction of sp³-hybridized carbons (Fsp3) is 0.500. The van der Waals surface area contributed by atoms with E-state index in [1.807, 2.05) is 26.0 Å². The van der Waals surface area contributed by atoms with Gasteiger partial charge in [-0.3, -0.25) is 0 Å². The molecule has 0 N–H and O–H groups in total. The van der Waals surface area contributed by atoms with Gasteiger partial charge in [0.25, 0.3) is 0 Å². The Kier molecular flexibility index (Phi) is 2.32. The third kappa shape index (κ3) is 1.50. The minimum atomic E-state index is -0.135. The van der Waals surface area contributed by atoms with Crippen LogP contribution in [0.25, 0.3) is 0 Å². The third-order valence-electron chi connectivity index (χ3n) is 1.75. The monoisotopic (exact) mass is 202 g/mol. The topological polar surface area (TPSA) is 9.23 Å². The van der Waals surface area contributed by atoms with Gasteiger partial charge in [0.2, 0.25) is 0 Å². The second-order valence-corrected chi connectivity index (χ2v) is 3.30. The molecule has 0 unspecified atom stereocenters. The first-order valence-electron chi connectivity index (χ1n) is 3.31.